The first-order chi connectivity index (χ1) is 6.65. The number of alkyl halides is 1. The van der Waals surface area contributed by atoms with Gasteiger partial charge in [-0.1, -0.05) is 34.1 Å². The van der Waals surface area contributed by atoms with Gasteiger partial charge in [0, 0.05) is 10.9 Å². The van der Waals surface area contributed by atoms with Gasteiger partial charge >= 0.3 is 0 Å². The summed E-state index contributed by atoms with van der Waals surface area (Å²) in [5.41, 5.74) is 2.67. The average Bonchev–Trinajstić information content (AvgIpc) is 2.09. The second-order valence-corrected chi connectivity index (χ2v) is 4.15. The third-order valence-electron chi connectivity index (χ3n) is 2.04. The Labute approximate surface area is 93.0 Å². The molecule has 0 unspecified atom stereocenters. The second-order valence-electron chi connectivity index (χ2n) is 3.36. The van der Waals surface area contributed by atoms with E-state index in [9.17, 15) is 4.39 Å². The van der Waals surface area contributed by atoms with E-state index in [0.29, 0.717) is 5.56 Å². The smallest absolute Gasteiger partial charge is 0.130 e. The maximum Gasteiger partial charge on any atom is 0.130 e. The van der Waals surface area contributed by atoms with Crippen LogP contribution in [0.5, 0.6) is 0 Å². The summed E-state index contributed by atoms with van der Waals surface area (Å²) in [4.78, 5) is 0. The SMILES string of the molecule is Cc1cc(C)c(/C=C/CCBr)c(F)c1. The van der Waals surface area contributed by atoms with Crippen LogP contribution in [-0.4, -0.2) is 5.33 Å². The Bertz CT molecular complexity index is 319. The monoisotopic (exact) mass is 256 g/mol. The third kappa shape index (κ3) is 2.95. The molecule has 0 nitrogen and oxygen atoms in total. The molecule has 0 heterocycles. The van der Waals surface area contributed by atoms with Crippen molar-refractivity contribution in [3.05, 3.63) is 40.7 Å². The van der Waals surface area contributed by atoms with Gasteiger partial charge in [-0.15, -0.1) is 0 Å². The van der Waals surface area contributed by atoms with Crippen LogP contribution in [-0.2, 0) is 0 Å². The summed E-state index contributed by atoms with van der Waals surface area (Å²) in [5, 5.41) is 0.913. The minimum absolute atomic E-state index is 0.131. The predicted octanol–water partition coefficient (Wildman–Crippen LogP) is 4.24. The second kappa shape index (κ2) is 5.30. The fourth-order valence-electron chi connectivity index (χ4n) is 1.40. The van der Waals surface area contributed by atoms with Gasteiger partial charge in [0.2, 0.25) is 0 Å². The Morgan fingerprint density at radius 1 is 1.36 bits per heavy atom. The molecule has 0 radical (unpaired) electrons. The van der Waals surface area contributed by atoms with Crippen molar-refractivity contribution in [2.45, 2.75) is 20.3 Å². The molecule has 0 aliphatic rings. The topological polar surface area (TPSA) is 0 Å². The molecule has 1 aromatic carbocycles. The van der Waals surface area contributed by atoms with Gasteiger partial charge in [0.15, 0.2) is 0 Å². The van der Waals surface area contributed by atoms with E-state index in [4.69, 9.17) is 0 Å². The molecule has 14 heavy (non-hydrogen) atoms. The van der Waals surface area contributed by atoms with Gasteiger partial charge in [0.05, 0.1) is 0 Å². The van der Waals surface area contributed by atoms with Crippen LogP contribution in [0.1, 0.15) is 23.1 Å². The zero-order chi connectivity index (χ0) is 10.6. The number of hydrogen-bond donors (Lipinski definition) is 0. The molecule has 0 saturated carbocycles. The van der Waals surface area contributed by atoms with E-state index in [1.54, 1.807) is 6.07 Å². The standard InChI is InChI=1S/C12H14BrF/c1-9-7-10(2)11(12(14)8-9)5-3-4-6-13/h3,5,7-8H,4,6H2,1-2H3/b5-3+. The van der Waals surface area contributed by atoms with Gasteiger partial charge in [-0.2, -0.15) is 0 Å². The van der Waals surface area contributed by atoms with E-state index in [2.05, 4.69) is 15.9 Å². The Balaban J connectivity index is 2.96. The zero-order valence-corrected chi connectivity index (χ0v) is 10.1. The zero-order valence-electron chi connectivity index (χ0n) is 8.48. The predicted molar refractivity (Wildman–Crippen MR) is 63.3 cm³/mol. The number of benzene rings is 1. The van der Waals surface area contributed by atoms with Crippen LogP contribution < -0.4 is 0 Å². The van der Waals surface area contributed by atoms with Crippen LogP contribution in [0.25, 0.3) is 6.08 Å². The van der Waals surface area contributed by atoms with Crippen molar-refractivity contribution in [2.24, 2.45) is 0 Å². The highest BCUT2D eigenvalue weighted by Crippen LogP contribution is 2.17. The fourth-order valence-corrected chi connectivity index (χ4v) is 1.67. The molecular weight excluding hydrogens is 243 g/mol. The minimum atomic E-state index is -0.131. The van der Waals surface area contributed by atoms with Crippen molar-refractivity contribution in [3.8, 4) is 0 Å². The number of hydrogen-bond acceptors (Lipinski definition) is 0. The summed E-state index contributed by atoms with van der Waals surface area (Å²) >= 11 is 3.33. The van der Waals surface area contributed by atoms with Crippen molar-refractivity contribution in [1.82, 2.24) is 0 Å². The largest absolute Gasteiger partial charge is 0.206 e. The van der Waals surface area contributed by atoms with E-state index in [1.807, 2.05) is 32.1 Å². The Morgan fingerprint density at radius 2 is 2.07 bits per heavy atom. The highest BCUT2D eigenvalue weighted by molar-refractivity contribution is 9.09. The number of allylic oxidation sites excluding steroid dienone is 1. The molecule has 0 amide bonds. The molecule has 0 fully saturated rings. The van der Waals surface area contributed by atoms with Crippen molar-refractivity contribution >= 4 is 22.0 Å². The summed E-state index contributed by atoms with van der Waals surface area (Å²) in [6.45, 7) is 3.84. The lowest BCUT2D eigenvalue weighted by Crippen LogP contribution is -1.89. The average molecular weight is 257 g/mol. The summed E-state index contributed by atoms with van der Waals surface area (Å²) in [5.74, 6) is -0.131. The molecule has 0 bridgehead atoms. The van der Waals surface area contributed by atoms with Gasteiger partial charge < -0.3 is 0 Å². The maximum absolute atomic E-state index is 13.5. The molecule has 1 rings (SSSR count). The highest BCUT2D eigenvalue weighted by Gasteiger charge is 2.02. The van der Waals surface area contributed by atoms with Crippen LogP contribution in [0.3, 0.4) is 0 Å². The first-order valence-corrected chi connectivity index (χ1v) is 5.76. The first-order valence-electron chi connectivity index (χ1n) is 4.64. The highest BCUT2D eigenvalue weighted by atomic mass is 79.9. The molecule has 0 N–H and O–H groups in total. The van der Waals surface area contributed by atoms with Gasteiger partial charge in [0.1, 0.15) is 5.82 Å². The molecule has 2 heteroatoms. The normalized spacial score (nSPS) is 11.1. The lowest BCUT2D eigenvalue weighted by atomic mass is 10.0. The van der Waals surface area contributed by atoms with Crippen LogP contribution in [0, 0.1) is 19.7 Å². The van der Waals surface area contributed by atoms with E-state index in [1.165, 1.54) is 0 Å². The van der Waals surface area contributed by atoms with E-state index in [0.717, 1.165) is 22.9 Å². The van der Waals surface area contributed by atoms with Crippen LogP contribution in [0.2, 0.25) is 0 Å². The van der Waals surface area contributed by atoms with Gasteiger partial charge in [0.25, 0.3) is 0 Å². The molecule has 1 aromatic rings. The van der Waals surface area contributed by atoms with Crippen molar-refractivity contribution in [3.63, 3.8) is 0 Å². The molecule has 0 aliphatic carbocycles. The first kappa shape index (κ1) is 11.4. The van der Waals surface area contributed by atoms with E-state index >= 15 is 0 Å². The van der Waals surface area contributed by atoms with Gasteiger partial charge in [-0.3, -0.25) is 0 Å². The summed E-state index contributed by atoms with van der Waals surface area (Å²) in [7, 11) is 0. The molecule has 0 aliphatic heterocycles. The van der Waals surface area contributed by atoms with E-state index < -0.39 is 0 Å². The van der Waals surface area contributed by atoms with Crippen LogP contribution >= 0.6 is 15.9 Å². The summed E-state index contributed by atoms with van der Waals surface area (Å²) < 4.78 is 13.5. The molecule has 0 atom stereocenters. The Hall–Kier alpha value is -0.630. The molecule has 0 spiro atoms. The Kier molecular flexibility index (Phi) is 4.33. The lowest BCUT2D eigenvalue weighted by Gasteiger charge is -2.03. The number of rotatable bonds is 3. The van der Waals surface area contributed by atoms with Crippen molar-refractivity contribution in [1.29, 1.82) is 0 Å². The quantitative estimate of drug-likeness (QED) is 0.710. The minimum Gasteiger partial charge on any atom is -0.206 e. The number of halogens is 2. The van der Waals surface area contributed by atoms with Gasteiger partial charge in [-0.05, 0) is 37.5 Å². The Morgan fingerprint density at radius 3 is 2.64 bits per heavy atom. The molecular formula is C12H14BrF. The van der Waals surface area contributed by atoms with Crippen LogP contribution in [0.4, 0.5) is 4.39 Å². The van der Waals surface area contributed by atoms with E-state index in [-0.39, 0.29) is 5.82 Å². The summed E-state index contributed by atoms with van der Waals surface area (Å²) in [6.07, 6.45) is 4.76. The maximum atomic E-state index is 13.5. The lowest BCUT2D eigenvalue weighted by molar-refractivity contribution is 0.622. The molecule has 0 aromatic heterocycles. The molecule has 0 saturated heterocycles. The van der Waals surface area contributed by atoms with Crippen molar-refractivity contribution in [2.75, 3.05) is 5.33 Å². The van der Waals surface area contributed by atoms with Crippen LogP contribution in [0.15, 0.2) is 18.2 Å². The summed E-state index contributed by atoms with van der Waals surface area (Å²) in [6, 6.07) is 3.57. The van der Waals surface area contributed by atoms with Crippen molar-refractivity contribution < 1.29 is 4.39 Å². The van der Waals surface area contributed by atoms with Gasteiger partial charge in [-0.25, -0.2) is 4.39 Å². The fraction of sp³-hybridized carbons (Fsp3) is 0.333. The molecule has 76 valence electrons. The third-order valence-corrected chi connectivity index (χ3v) is 2.50. The number of aryl methyl sites for hydroxylation is 2.